The summed E-state index contributed by atoms with van der Waals surface area (Å²) in [6, 6.07) is 6.64. The Morgan fingerprint density at radius 1 is 1.33 bits per heavy atom. The Kier molecular flexibility index (Phi) is 3.44. The molecular formula is C13H15NO3S. The second-order valence-electron chi connectivity index (χ2n) is 4.48. The van der Waals surface area contributed by atoms with Gasteiger partial charge in [0.2, 0.25) is 10.0 Å². The van der Waals surface area contributed by atoms with Crippen LogP contribution in [0.2, 0.25) is 0 Å². The van der Waals surface area contributed by atoms with Gasteiger partial charge in [-0.3, -0.25) is 0 Å². The van der Waals surface area contributed by atoms with Crippen LogP contribution in [-0.2, 0) is 10.0 Å². The first-order valence-electron chi connectivity index (χ1n) is 5.66. The van der Waals surface area contributed by atoms with E-state index in [1.165, 1.54) is 4.31 Å². The van der Waals surface area contributed by atoms with Crippen molar-refractivity contribution in [2.24, 2.45) is 5.92 Å². The van der Waals surface area contributed by atoms with E-state index in [0.717, 1.165) is 5.56 Å². The molecule has 96 valence electrons. The summed E-state index contributed by atoms with van der Waals surface area (Å²) in [7, 11) is -3.55. The van der Waals surface area contributed by atoms with Crippen LogP contribution in [0, 0.1) is 25.2 Å². The van der Waals surface area contributed by atoms with Crippen LogP contribution in [0.15, 0.2) is 29.2 Å². The second kappa shape index (κ2) is 4.73. The lowest BCUT2D eigenvalue weighted by Gasteiger charge is -2.15. The standard InChI is InChI=1S/C13H15NO3S/c1-3-11-8-14(9-13(11)15)18(16,17)12-6-4-10(2)5-7-12/h1,4-7,11,13,15H,8-9H2,2H3/t11-,13+/m1/s1. The first-order chi connectivity index (χ1) is 8.45. The van der Waals surface area contributed by atoms with Crippen LogP contribution >= 0.6 is 0 Å². The molecule has 1 aliphatic heterocycles. The lowest BCUT2D eigenvalue weighted by molar-refractivity contribution is 0.167. The molecule has 0 radical (unpaired) electrons. The quantitative estimate of drug-likeness (QED) is 0.797. The summed E-state index contributed by atoms with van der Waals surface area (Å²) in [5.41, 5.74) is 0.997. The van der Waals surface area contributed by atoms with Crippen molar-refractivity contribution >= 4 is 10.0 Å². The molecular weight excluding hydrogens is 250 g/mol. The van der Waals surface area contributed by atoms with Crippen LogP contribution in [0.1, 0.15) is 5.56 Å². The largest absolute Gasteiger partial charge is 0.390 e. The summed E-state index contributed by atoms with van der Waals surface area (Å²) in [5.74, 6) is 1.99. The maximum absolute atomic E-state index is 12.3. The number of aryl methyl sites for hydroxylation is 1. The van der Waals surface area contributed by atoms with Crippen molar-refractivity contribution in [3.05, 3.63) is 29.8 Å². The van der Waals surface area contributed by atoms with E-state index in [-0.39, 0.29) is 18.0 Å². The maximum Gasteiger partial charge on any atom is 0.243 e. The summed E-state index contributed by atoms with van der Waals surface area (Å²) >= 11 is 0. The molecule has 1 saturated heterocycles. The van der Waals surface area contributed by atoms with Crippen LogP contribution < -0.4 is 0 Å². The molecule has 0 amide bonds. The number of β-amino-alcohol motifs (C(OH)–C–C–N with tert-alkyl or cyclic N) is 1. The third-order valence-corrected chi connectivity index (χ3v) is 4.97. The Hall–Kier alpha value is -1.35. The number of aliphatic hydroxyl groups is 1. The predicted octanol–water partition coefficient (Wildman–Crippen LogP) is 0.610. The molecule has 1 aromatic carbocycles. The fourth-order valence-corrected chi connectivity index (χ4v) is 3.45. The normalized spacial score (nSPS) is 24.9. The summed E-state index contributed by atoms with van der Waals surface area (Å²) in [6.07, 6.45) is 4.47. The first-order valence-corrected chi connectivity index (χ1v) is 7.10. The highest BCUT2D eigenvalue weighted by Gasteiger charge is 2.37. The predicted molar refractivity (Wildman–Crippen MR) is 68.3 cm³/mol. The summed E-state index contributed by atoms with van der Waals surface area (Å²) in [4.78, 5) is 0.234. The van der Waals surface area contributed by atoms with Gasteiger partial charge in [-0.25, -0.2) is 8.42 Å². The van der Waals surface area contributed by atoms with E-state index in [1.807, 2.05) is 6.92 Å². The van der Waals surface area contributed by atoms with Gasteiger partial charge in [0.1, 0.15) is 0 Å². The minimum atomic E-state index is -3.55. The van der Waals surface area contributed by atoms with Gasteiger partial charge >= 0.3 is 0 Å². The summed E-state index contributed by atoms with van der Waals surface area (Å²) < 4.78 is 25.8. The van der Waals surface area contributed by atoms with E-state index in [9.17, 15) is 13.5 Å². The van der Waals surface area contributed by atoms with E-state index in [2.05, 4.69) is 5.92 Å². The Bertz CT molecular complexity index is 571. The highest BCUT2D eigenvalue weighted by molar-refractivity contribution is 7.89. The van der Waals surface area contributed by atoms with Crippen molar-refractivity contribution in [1.82, 2.24) is 4.31 Å². The van der Waals surface area contributed by atoms with Crippen LogP contribution in [0.25, 0.3) is 0 Å². The molecule has 2 atom stereocenters. The molecule has 0 bridgehead atoms. The maximum atomic E-state index is 12.3. The Morgan fingerprint density at radius 2 is 1.94 bits per heavy atom. The van der Waals surface area contributed by atoms with Crippen molar-refractivity contribution < 1.29 is 13.5 Å². The molecule has 0 aromatic heterocycles. The van der Waals surface area contributed by atoms with Crippen molar-refractivity contribution in [2.75, 3.05) is 13.1 Å². The number of rotatable bonds is 2. The van der Waals surface area contributed by atoms with Gasteiger partial charge in [-0.15, -0.1) is 6.42 Å². The molecule has 18 heavy (non-hydrogen) atoms. The van der Waals surface area contributed by atoms with Crippen LogP contribution in [-0.4, -0.2) is 37.0 Å². The average molecular weight is 265 g/mol. The minimum Gasteiger partial charge on any atom is -0.390 e. The lowest BCUT2D eigenvalue weighted by Crippen LogP contribution is -2.29. The molecule has 1 aliphatic rings. The zero-order chi connectivity index (χ0) is 13.3. The fourth-order valence-electron chi connectivity index (χ4n) is 1.97. The molecule has 1 aromatic rings. The number of aliphatic hydroxyl groups excluding tert-OH is 1. The number of terminal acetylenes is 1. The number of benzene rings is 1. The monoisotopic (exact) mass is 265 g/mol. The smallest absolute Gasteiger partial charge is 0.243 e. The molecule has 1 heterocycles. The zero-order valence-corrected chi connectivity index (χ0v) is 10.9. The lowest BCUT2D eigenvalue weighted by atomic mass is 10.1. The topological polar surface area (TPSA) is 57.6 Å². The molecule has 4 nitrogen and oxygen atoms in total. The molecule has 0 saturated carbocycles. The van der Waals surface area contributed by atoms with Gasteiger partial charge in [0.05, 0.1) is 16.9 Å². The SMILES string of the molecule is C#C[C@@H]1CN(S(=O)(=O)c2ccc(C)cc2)C[C@@H]1O. The van der Waals surface area contributed by atoms with Gasteiger partial charge in [0.15, 0.2) is 0 Å². The van der Waals surface area contributed by atoms with Gasteiger partial charge in [0.25, 0.3) is 0 Å². The van der Waals surface area contributed by atoms with Crippen molar-refractivity contribution in [3.63, 3.8) is 0 Å². The van der Waals surface area contributed by atoms with E-state index in [4.69, 9.17) is 6.42 Å². The number of sulfonamides is 1. The molecule has 0 spiro atoms. The Balaban J connectivity index is 2.28. The fraction of sp³-hybridized carbons (Fsp3) is 0.385. The zero-order valence-electron chi connectivity index (χ0n) is 10.1. The van der Waals surface area contributed by atoms with Crippen molar-refractivity contribution in [2.45, 2.75) is 17.9 Å². The Labute approximate surface area is 107 Å². The van der Waals surface area contributed by atoms with E-state index in [1.54, 1.807) is 24.3 Å². The van der Waals surface area contributed by atoms with Gasteiger partial charge in [-0.2, -0.15) is 4.31 Å². The molecule has 5 heteroatoms. The van der Waals surface area contributed by atoms with Gasteiger partial charge in [-0.05, 0) is 19.1 Å². The van der Waals surface area contributed by atoms with Gasteiger partial charge < -0.3 is 5.11 Å². The van der Waals surface area contributed by atoms with Crippen LogP contribution in [0.5, 0.6) is 0 Å². The highest BCUT2D eigenvalue weighted by Crippen LogP contribution is 2.24. The molecule has 1 fully saturated rings. The minimum absolute atomic E-state index is 0.0606. The van der Waals surface area contributed by atoms with Crippen molar-refractivity contribution in [3.8, 4) is 12.3 Å². The average Bonchev–Trinajstić information content (AvgIpc) is 2.72. The number of hydrogen-bond acceptors (Lipinski definition) is 3. The highest BCUT2D eigenvalue weighted by atomic mass is 32.2. The van der Waals surface area contributed by atoms with E-state index < -0.39 is 22.0 Å². The summed E-state index contributed by atoms with van der Waals surface area (Å²) in [5, 5.41) is 9.67. The third kappa shape index (κ3) is 2.27. The number of nitrogens with zero attached hydrogens (tertiary/aromatic N) is 1. The molecule has 0 aliphatic carbocycles. The van der Waals surface area contributed by atoms with Gasteiger partial charge in [-0.1, -0.05) is 23.6 Å². The Morgan fingerprint density at radius 3 is 2.44 bits per heavy atom. The molecule has 1 N–H and O–H groups in total. The second-order valence-corrected chi connectivity index (χ2v) is 6.41. The molecule has 2 rings (SSSR count). The van der Waals surface area contributed by atoms with Crippen LogP contribution in [0.3, 0.4) is 0 Å². The summed E-state index contributed by atoms with van der Waals surface area (Å²) in [6.45, 7) is 2.13. The van der Waals surface area contributed by atoms with Crippen molar-refractivity contribution in [1.29, 1.82) is 0 Å². The van der Waals surface area contributed by atoms with Gasteiger partial charge in [0, 0.05) is 13.1 Å². The van der Waals surface area contributed by atoms with E-state index >= 15 is 0 Å². The first kappa shape index (κ1) is 13.1. The number of hydrogen-bond donors (Lipinski definition) is 1. The van der Waals surface area contributed by atoms with Crippen LogP contribution in [0.4, 0.5) is 0 Å². The van der Waals surface area contributed by atoms with E-state index in [0.29, 0.717) is 0 Å². The molecule has 0 unspecified atom stereocenters. The third-order valence-electron chi connectivity index (χ3n) is 3.13.